The zero-order chi connectivity index (χ0) is 28.1. The Morgan fingerprint density at radius 1 is 1.35 bits per heavy atom. The number of β-amino-alcohol motifs (C(OH)–C–C–N with tert-alkyl or cyclic N) is 1. The minimum atomic E-state index is -2.68. The first-order valence-electron chi connectivity index (χ1n) is 13.4. The van der Waals surface area contributed by atoms with Crippen LogP contribution in [0.2, 0.25) is 5.02 Å². The predicted octanol–water partition coefficient (Wildman–Crippen LogP) is 4.44. The van der Waals surface area contributed by atoms with Gasteiger partial charge in [-0.05, 0) is 48.6 Å². The molecule has 2 aliphatic rings. The fourth-order valence-electron chi connectivity index (χ4n) is 5.21. The lowest BCUT2D eigenvalue weighted by atomic mass is 9.92. The maximum absolute atomic E-state index is 13.7. The molecule has 3 heterocycles. The Bertz CT molecular complexity index is 1310. The number of ether oxygens (including phenoxy) is 1. The summed E-state index contributed by atoms with van der Waals surface area (Å²) in [6.07, 6.45) is 5.06. The number of anilines is 1. The van der Waals surface area contributed by atoms with Crippen LogP contribution in [0.15, 0.2) is 47.5 Å². The minimum absolute atomic E-state index is 0.0668. The third-order valence-electron chi connectivity index (χ3n) is 7.21. The molecule has 1 unspecified atom stereocenters. The van der Waals surface area contributed by atoms with Gasteiger partial charge in [-0.3, -0.25) is 9.69 Å². The number of fused-ring (bicyclic) bond motifs is 1. The molecular formula is C28H32ClF2N5O4. The van der Waals surface area contributed by atoms with E-state index in [1.807, 2.05) is 12.1 Å². The van der Waals surface area contributed by atoms with Crippen LogP contribution in [0.25, 0.3) is 0 Å². The lowest BCUT2D eigenvalue weighted by Crippen LogP contribution is -2.42. The first kappa shape index (κ1) is 28.3. The summed E-state index contributed by atoms with van der Waals surface area (Å²) in [5.41, 5.74) is 2.43. The monoisotopic (exact) mass is 575 g/mol. The standard InChI is InChI=1S/C28H32ClF2N5O4/c29-26-23-6-9-36(14-19(23)3-4-24(26)39-16-22-13-32-17-40-22)15-21(37)12-34-27(38)18-5-8-33-25(10-18)35-20-2-1-7-28(30,31)11-20/h3-5,8,10,13,17,20-21,37H,1-2,6-7,9,11-12,14-16H2,(H,33,35)(H,34,38)/t20?,21-/m0/s1. The van der Waals surface area contributed by atoms with E-state index in [1.165, 1.54) is 12.6 Å². The number of hydrogen-bond acceptors (Lipinski definition) is 8. The van der Waals surface area contributed by atoms with E-state index < -0.39 is 12.0 Å². The Morgan fingerprint density at radius 3 is 3.02 bits per heavy atom. The van der Waals surface area contributed by atoms with Gasteiger partial charge >= 0.3 is 0 Å². The highest BCUT2D eigenvalue weighted by Crippen LogP contribution is 2.35. The molecule has 0 saturated heterocycles. The Morgan fingerprint density at radius 2 is 2.23 bits per heavy atom. The maximum Gasteiger partial charge on any atom is 0.251 e. The van der Waals surface area contributed by atoms with Crippen LogP contribution in [-0.4, -0.2) is 63.6 Å². The van der Waals surface area contributed by atoms with Crippen molar-refractivity contribution in [2.24, 2.45) is 0 Å². The molecule has 1 aliphatic carbocycles. The highest BCUT2D eigenvalue weighted by molar-refractivity contribution is 6.33. The number of rotatable bonds is 10. The number of aliphatic hydroxyl groups is 1. The summed E-state index contributed by atoms with van der Waals surface area (Å²) < 4.78 is 38.4. The second kappa shape index (κ2) is 12.5. The van der Waals surface area contributed by atoms with Crippen molar-refractivity contribution in [1.82, 2.24) is 20.2 Å². The number of alkyl halides is 2. The topological polar surface area (TPSA) is 113 Å². The van der Waals surface area contributed by atoms with Crippen LogP contribution in [0.1, 0.15) is 52.9 Å². The van der Waals surface area contributed by atoms with E-state index in [2.05, 4.69) is 25.5 Å². The lowest BCUT2D eigenvalue weighted by Gasteiger charge is -2.31. The molecule has 0 bridgehead atoms. The first-order valence-corrected chi connectivity index (χ1v) is 13.7. The molecule has 0 spiro atoms. The van der Waals surface area contributed by atoms with E-state index in [4.69, 9.17) is 20.8 Å². The SMILES string of the molecule is O=C(NC[C@H](O)CN1CCc2c(ccc(OCc3cnco3)c2Cl)C1)c1ccnc(NC2CCCC(F)(F)C2)c1. The van der Waals surface area contributed by atoms with Gasteiger partial charge in [-0.1, -0.05) is 17.7 Å². The molecule has 40 heavy (non-hydrogen) atoms. The van der Waals surface area contributed by atoms with Gasteiger partial charge in [-0.2, -0.15) is 0 Å². The molecule has 1 saturated carbocycles. The van der Waals surface area contributed by atoms with Crippen molar-refractivity contribution in [2.45, 2.75) is 63.3 Å². The van der Waals surface area contributed by atoms with Gasteiger partial charge in [-0.25, -0.2) is 18.7 Å². The Kier molecular flexibility index (Phi) is 8.82. The molecule has 12 heteroatoms. The molecule has 2 atom stereocenters. The number of nitrogens with zero attached hydrogens (tertiary/aromatic N) is 3. The number of benzene rings is 1. The molecule has 9 nitrogen and oxygen atoms in total. The average molecular weight is 576 g/mol. The van der Waals surface area contributed by atoms with Crippen LogP contribution >= 0.6 is 11.6 Å². The van der Waals surface area contributed by atoms with Crippen molar-refractivity contribution in [1.29, 1.82) is 0 Å². The van der Waals surface area contributed by atoms with Gasteiger partial charge in [0.25, 0.3) is 5.91 Å². The summed E-state index contributed by atoms with van der Waals surface area (Å²) in [5, 5.41) is 17.0. The van der Waals surface area contributed by atoms with Crippen molar-refractivity contribution in [3.63, 3.8) is 0 Å². The van der Waals surface area contributed by atoms with E-state index >= 15 is 0 Å². The van der Waals surface area contributed by atoms with Gasteiger partial charge in [0, 0.05) is 56.8 Å². The number of carbonyl (C=O) groups is 1. The Balaban J connectivity index is 1.09. The van der Waals surface area contributed by atoms with Gasteiger partial charge < -0.3 is 24.9 Å². The first-order chi connectivity index (χ1) is 19.3. The summed E-state index contributed by atoms with van der Waals surface area (Å²) in [5.74, 6) is -1.48. The van der Waals surface area contributed by atoms with Crippen molar-refractivity contribution < 1.29 is 27.8 Å². The zero-order valence-corrected chi connectivity index (χ0v) is 22.7. The molecule has 1 aromatic carbocycles. The van der Waals surface area contributed by atoms with Gasteiger partial charge in [-0.15, -0.1) is 0 Å². The van der Waals surface area contributed by atoms with E-state index in [1.54, 1.807) is 18.3 Å². The third kappa shape index (κ3) is 7.26. The fourth-order valence-corrected chi connectivity index (χ4v) is 5.54. The molecule has 2 aromatic heterocycles. The quantitative estimate of drug-likeness (QED) is 0.325. The smallest absolute Gasteiger partial charge is 0.251 e. The number of aromatic nitrogens is 2. The number of carbonyl (C=O) groups excluding carboxylic acids is 1. The second-order valence-corrected chi connectivity index (χ2v) is 10.7. The van der Waals surface area contributed by atoms with Crippen molar-refractivity contribution in [3.8, 4) is 5.75 Å². The van der Waals surface area contributed by atoms with Crippen LogP contribution in [0.3, 0.4) is 0 Å². The van der Waals surface area contributed by atoms with E-state index in [0.717, 1.165) is 11.1 Å². The zero-order valence-electron chi connectivity index (χ0n) is 21.9. The normalized spacial score (nSPS) is 19.4. The van der Waals surface area contributed by atoms with E-state index in [9.17, 15) is 18.7 Å². The molecule has 214 valence electrons. The van der Waals surface area contributed by atoms with Crippen LogP contribution in [0, 0.1) is 0 Å². The number of hydrogen-bond donors (Lipinski definition) is 3. The number of aliphatic hydroxyl groups excluding tert-OH is 1. The number of oxazole rings is 1. The maximum atomic E-state index is 13.7. The number of nitrogens with one attached hydrogen (secondary N) is 2. The van der Waals surface area contributed by atoms with Crippen LogP contribution < -0.4 is 15.4 Å². The minimum Gasteiger partial charge on any atom is -0.484 e. The summed E-state index contributed by atoms with van der Waals surface area (Å²) in [6, 6.07) is 6.51. The number of pyridine rings is 1. The lowest BCUT2D eigenvalue weighted by molar-refractivity contribution is -0.0373. The highest BCUT2D eigenvalue weighted by atomic mass is 35.5. The van der Waals surface area contributed by atoms with Gasteiger partial charge in [0.05, 0.1) is 17.3 Å². The van der Waals surface area contributed by atoms with Crippen molar-refractivity contribution in [2.75, 3.05) is 25.0 Å². The van der Waals surface area contributed by atoms with Crippen LogP contribution in [0.4, 0.5) is 14.6 Å². The number of halogens is 3. The van der Waals surface area contributed by atoms with E-state index in [-0.39, 0.29) is 37.9 Å². The molecule has 3 aromatic rings. The largest absolute Gasteiger partial charge is 0.484 e. The summed E-state index contributed by atoms with van der Waals surface area (Å²) in [6.45, 7) is 1.99. The summed E-state index contributed by atoms with van der Waals surface area (Å²) in [7, 11) is 0. The third-order valence-corrected chi connectivity index (χ3v) is 7.63. The Hall–Kier alpha value is -3.28. The molecule has 0 radical (unpaired) electrons. The molecule has 3 N–H and O–H groups in total. The molecule has 1 aliphatic heterocycles. The van der Waals surface area contributed by atoms with E-state index in [0.29, 0.717) is 66.8 Å². The highest BCUT2D eigenvalue weighted by Gasteiger charge is 2.36. The average Bonchev–Trinajstić information content (AvgIpc) is 3.45. The molecular weight excluding hydrogens is 544 g/mol. The summed E-state index contributed by atoms with van der Waals surface area (Å²) >= 11 is 6.61. The predicted molar refractivity (Wildman–Crippen MR) is 145 cm³/mol. The van der Waals surface area contributed by atoms with Gasteiger partial charge in [0.1, 0.15) is 18.2 Å². The second-order valence-electron chi connectivity index (χ2n) is 10.3. The Labute approximate surface area is 235 Å². The molecule has 5 rings (SSSR count). The fraction of sp³-hybridized carbons (Fsp3) is 0.464. The van der Waals surface area contributed by atoms with Gasteiger partial charge in [0.2, 0.25) is 5.92 Å². The number of amides is 1. The summed E-state index contributed by atoms with van der Waals surface area (Å²) in [4.78, 5) is 22.9. The van der Waals surface area contributed by atoms with Crippen LogP contribution in [-0.2, 0) is 19.6 Å². The van der Waals surface area contributed by atoms with Crippen molar-refractivity contribution in [3.05, 3.63) is 70.5 Å². The van der Waals surface area contributed by atoms with Crippen LogP contribution in [0.5, 0.6) is 5.75 Å². The van der Waals surface area contributed by atoms with Crippen molar-refractivity contribution >= 4 is 23.3 Å². The van der Waals surface area contributed by atoms with Gasteiger partial charge in [0.15, 0.2) is 12.2 Å². The molecule has 1 amide bonds. The molecule has 1 fully saturated rings.